The fraction of sp³-hybridized carbons (Fsp3) is 0.353. The molecular weight excluding hydrogens is 569 g/mol. The molecule has 3 N–H and O–H groups in total. The van der Waals surface area contributed by atoms with Crippen molar-refractivity contribution in [2.45, 2.75) is 59.0 Å². The van der Waals surface area contributed by atoms with Crippen molar-refractivity contribution >= 4 is 22.5 Å². The van der Waals surface area contributed by atoms with Crippen molar-refractivity contribution in [3.05, 3.63) is 107 Å². The molecule has 2 heterocycles. The Morgan fingerprint density at radius 3 is 2.07 bits per heavy atom. The van der Waals surface area contributed by atoms with E-state index in [1.807, 2.05) is 55.1 Å². The first kappa shape index (κ1) is 34.5. The number of pyridine rings is 1. The Balaban J connectivity index is 0.000000269. The molecule has 44 heavy (non-hydrogen) atoms. The van der Waals surface area contributed by atoms with Crippen LogP contribution in [0, 0.1) is 24.4 Å². The molecule has 1 aliphatic rings. The highest BCUT2D eigenvalue weighted by Gasteiger charge is 2.34. The van der Waals surface area contributed by atoms with E-state index in [-0.39, 0.29) is 30.1 Å². The number of halogens is 3. The van der Waals surface area contributed by atoms with Crippen molar-refractivity contribution in [3.63, 3.8) is 0 Å². The largest absolute Gasteiger partial charge is 0.388 e. The van der Waals surface area contributed by atoms with E-state index in [1.54, 1.807) is 19.1 Å². The fourth-order valence-corrected chi connectivity index (χ4v) is 5.09. The number of amides is 1. The molecule has 2 atom stereocenters. The number of rotatable bonds is 5. The third-order valence-corrected chi connectivity index (χ3v) is 7.34. The average Bonchev–Trinajstić information content (AvgIpc) is 2.99. The maximum absolute atomic E-state index is 14.0. The predicted octanol–water partition coefficient (Wildman–Crippen LogP) is 6.13. The van der Waals surface area contributed by atoms with Gasteiger partial charge in [0.15, 0.2) is 6.29 Å². The lowest BCUT2D eigenvalue weighted by Crippen LogP contribution is -2.58. The van der Waals surface area contributed by atoms with Crippen molar-refractivity contribution in [2.24, 2.45) is 0 Å². The molecular formula is C34H41F3N4O3. The van der Waals surface area contributed by atoms with Gasteiger partial charge in [-0.05, 0) is 63.1 Å². The minimum atomic E-state index is -1.12. The smallest absolute Gasteiger partial charge is 0.254 e. The lowest BCUT2D eigenvalue weighted by atomic mass is 10.0. The number of para-hydroxylation sites is 1. The van der Waals surface area contributed by atoms with Crippen LogP contribution in [0.2, 0.25) is 0 Å². The van der Waals surface area contributed by atoms with E-state index in [0.29, 0.717) is 37.2 Å². The van der Waals surface area contributed by atoms with Crippen LogP contribution in [-0.2, 0) is 6.54 Å². The molecule has 1 aliphatic heterocycles. The lowest BCUT2D eigenvalue weighted by molar-refractivity contribution is -0.0413. The van der Waals surface area contributed by atoms with Gasteiger partial charge in [-0.15, -0.1) is 0 Å². The molecule has 0 spiro atoms. The van der Waals surface area contributed by atoms with E-state index in [4.69, 9.17) is 10.2 Å². The van der Waals surface area contributed by atoms with Crippen LogP contribution in [0.4, 0.5) is 18.9 Å². The van der Waals surface area contributed by atoms with Gasteiger partial charge in [0.05, 0.1) is 5.52 Å². The van der Waals surface area contributed by atoms with Gasteiger partial charge in [-0.3, -0.25) is 14.7 Å². The average molecular weight is 611 g/mol. The normalized spacial score (nSPS) is 16.6. The number of benzene rings is 3. The summed E-state index contributed by atoms with van der Waals surface area (Å²) < 4.78 is 41.1. The Kier molecular flexibility index (Phi) is 12.7. The summed E-state index contributed by atoms with van der Waals surface area (Å²) in [5.74, 6) is -2.77. The molecule has 0 aliphatic carbocycles. The zero-order valence-corrected chi connectivity index (χ0v) is 25.8. The highest BCUT2D eigenvalue weighted by molar-refractivity contribution is 5.95. The van der Waals surface area contributed by atoms with Gasteiger partial charge in [-0.2, -0.15) is 0 Å². The standard InChI is InChI=1S/C21H24F3N3O.C10H9N.C3H8O2/c1-13-10-26(12-18-19(23)8-16(22)9-20(18)24)11-14(2)27(13)21(28)15-4-6-17(25-3)7-5-15;1-8-4-2-5-9-6-3-7-11-10(8)9;1-2-3(4)5/h4-9,13-14,25H,10-12H2,1-3H3;2-7H,1H3;3-5H,2H2,1H3. The molecule has 10 heteroatoms. The first-order chi connectivity index (χ1) is 20.9. The number of nitrogens with one attached hydrogen (secondary N) is 1. The number of aliphatic hydroxyl groups is 2. The van der Waals surface area contributed by atoms with Crippen LogP contribution in [0.15, 0.2) is 72.9 Å². The van der Waals surface area contributed by atoms with Gasteiger partial charge in [0.2, 0.25) is 0 Å². The predicted molar refractivity (Wildman–Crippen MR) is 168 cm³/mol. The minimum Gasteiger partial charge on any atom is -0.388 e. The Hall–Kier alpha value is -3.99. The van der Waals surface area contributed by atoms with E-state index in [1.165, 1.54) is 10.9 Å². The second-order valence-electron chi connectivity index (χ2n) is 10.8. The van der Waals surface area contributed by atoms with Gasteiger partial charge in [0.1, 0.15) is 17.5 Å². The molecule has 0 bridgehead atoms. The maximum atomic E-state index is 14.0. The number of carbonyl (C=O) groups is 1. The summed E-state index contributed by atoms with van der Waals surface area (Å²) >= 11 is 0. The molecule has 0 saturated carbocycles. The topological polar surface area (TPSA) is 88.9 Å². The molecule has 4 aromatic rings. The number of aryl methyl sites for hydroxylation is 1. The van der Waals surface area contributed by atoms with Crippen LogP contribution in [0.25, 0.3) is 10.9 Å². The SMILES string of the molecule is CCC(O)O.CNc1ccc(C(=O)N2C(C)CN(Cc3c(F)cc(F)cc3F)CC2C)cc1.Cc1cccc2cccnc12. The minimum absolute atomic E-state index is 0.0333. The van der Waals surface area contributed by atoms with Crippen molar-refractivity contribution in [1.82, 2.24) is 14.8 Å². The third kappa shape index (κ3) is 9.25. The first-order valence-electron chi connectivity index (χ1n) is 14.6. The molecule has 1 fully saturated rings. The van der Waals surface area contributed by atoms with Crippen molar-refractivity contribution < 1.29 is 28.2 Å². The Morgan fingerprint density at radius 1 is 0.977 bits per heavy atom. The number of piperazine rings is 1. The second-order valence-corrected chi connectivity index (χ2v) is 10.8. The van der Waals surface area contributed by atoms with Gasteiger partial charge in [0, 0.05) is 79.3 Å². The number of aliphatic hydroxyl groups excluding tert-OH is 1. The van der Waals surface area contributed by atoms with E-state index in [9.17, 15) is 18.0 Å². The summed E-state index contributed by atoms with van der Waals surface area (Å²) in [4.78, 5) is 20.9. The molecule has 5 rings (SSSR count). The van der Waals surface area contributed by atoms with Crippen molar-refractivity contribution in [3.8, 4) is 0 Å². The number of hydrogen-bond acceptors (Lipinski definition) is 6. The van der Waals surface area contributed by atoms with Crippen molar-refractivity contribution in [2.75, 3.05) is 25.5 Å². The number of carbonyl (C=O) groups excluding carboxylic acids is 1. The fourth-order valence-electron chi connectivity index (χ4n) is 5.09. The summed E-state index contributed by atoms with van der Waals surface area (Å²) in [5.41, 5.74) is 3.72. The van der Waals surface area contributed by atoms with Crippen LogP contribution in [-0.4, -0.2) is 69.4 Å². The van der Waals surface area contributed by atoms with Crippen LogP contribution in [0.1, 0.15) is 48.7 Å². The summed E-state index contributed by atoms with van der Waals surface area (Å²) in [7, 11) is 1.81. The van der Waals surface area contributed by atoms with Crippen LogP contribution in [0.3, 0.4) is 0 Å². The molecule has 1 amide bonds. The molecule has 3 aromatic carbocycles. The van der Waals surface area contributed by atoms with Gasteiger partial charge < -0.3 is 20.4 Å². The molecule has 0 radical (unpaired) electrons. The van der Waals surface area contributed by atoms with E-state index in [0.717, 1.165) is 11.2 Å². The molecule has 7 nitrogen and oxygen atoms in total. The molecule has 1 aromatic heterocycles. The van der Waals surface area contributed by atoms with Crippen molar-refractivity contribution in [1.29, 1.82) is 0 Å². The summed E-state index contributed by atoms with van der Waals surface area (Å²) in [6.45, 7) is 8.59. The number of nitrogens with zero attached hydrogens (tertiary/aromatic N) is 3. The highest BCUT2D eigenvalue weighted by atomic mass is 19.1. The number of anilines is 1. The van der Waals surface area contributed by atoms with Gasteiger partial charge in [-0.25, -0.2) is 13.2 Å². The lowest BCUT2D eigenvalue weighted by Gasteiger charge is -2.44. The van der Waals surface area contributed by atoms with E-state index >= 15 is 0 Å². The Labute approximate surface area is 257 Å². The zero-order chi connectivity index (χ0) is 32.4. The molecule has 2 unspecified atom stereocenters. The summed E-state index contributed by atoms with van der Waals surface area (Å²) in [6.07, 6.45) is 1.13. The molecule has 1 saturated heterocycles. The van der Waals surface area contributed by atoms with E-state index in [2.05, 4.69) is 41.5 Å². The number of fused-ring (bicyclic) bond motifs is 1. The zero-order valence-electron chi connectivity index (χ0n) is 25.8. The van der Waals surface area contributed by atoms with Crippen LogP contribution >= 0.6 is 0 Å². The highest BCUT2D eigenvalue weighted by Crippen LogP contribution is 2.24. The number of aromatic nitrogens is 1. The monoisotopic (exact) mass is 610 g/mol. The summed E-state index contributed by atoms with van der Waals surface area (Å²) in [5, 5.41) is 20.1. The van der Waals surface area contributed by atoms with Crippen LogP contribution < -0.4 is 5.32 Å². The third-order valence-electron chi connectivity index (χ3n) is 7.34. The Bertz CT molecular complexity index is 1480. The maximum Gasteiger partial charge on any atom is 0.254 e. The van der Waals surface area contributed by atoms with E-state index < -0.39 is 23.7 Å². The molecule has 236 valence electrons. The van der Waals surface area contributed by atoms with Gasteiger partial charge in [0.25, 0.3) is 5.91 Å². The van der Waals surface area contributed by atoms with Crippen LogP contribution in [0.5, 0.6) is 0 Å². The second kappa shape index (κ2) is 16.2. The quantitative estimate of drug-likeness (QED) is 0.236. The Morgan fingerprint density at radius 2 is 1.55 bits per heavy atom. The number of hydrogen-bond donors (Lipinski definition) is 3. The van der Waals surface area contributed by atoms with Gasteiger partial charge in [-0.1, -0.05) is 31.2 Å². The first-order valence-corrected chi connectivity index (χ1v) is 14.6. The van der Waals surface area contributed by atoms with Gasteiger partial charge >= 0.3 is 0 Å². The summed E-state index contributed by atoms with van der Waals surface area (Å²) in [6, 6.07) is 18.6.